The van der Waals surface area contributed by atoms with Crippen LogP contribution in [-0.4, -0.2) is 20.5 Å². The lowest BCUT2D eigenvalue weighted by Crippen LogP contribution is -2.15. The number of rotatable bonds is 4. The summed E-state index contributed by atoms with van der Waals surface area (Å²) < 4.78 is 41.0. The molecule has 0 radical (unpaired) electrons. The minimum absolute atomic E-state index is 0.0964. The highest BCUT2D eigenvalue weighted by Gasteiger charge is 2.23. The number of ether oxygens (including phenoxy) is 1. The Morgan fingerprint density at radius 3 is 2.58 bits per heavy atom. The summed E-state index contributed by atoms with van der Waals surface area (Å²) >= 11 is 2.98. The molecule has 4 nitrogen and oxygen atoms in total. The van der Waals surface area contributed by atoms with Crippen molar-refractivity contribution < 1.29 is 22.3 Å². The van der Waals surface area contributed by atoms with Gasteiger partial charge in [0.1, 0.15) is 10.7 Å². The molecule has 19 heavy (non-hydrogen) atoms. The number of carbonyl (C=O) groups is 1. The van der Waals surface area contributed by atoms with Crippen LogP contribution >= 0.6 is 26.6 Å². The molecule has 8 heteroatoms. The average Bonchev–Trinajstić information content (AvgIpc) is 2.26. The number of hydrogen-bond donors (Lipinski definition) is 0. The van der Waals surface area contributed by atoms with Crippen molar-refractivity contribution in [3.05, 3.63) is 28.0 Å². The normalized spacial score (nSPS) is 13.1. The van der Waals surface area contributed by atoms with E-state index in [1.165, 1.54) is 0 Å². The van der Waals surface area contributed by atoms with Crippen molar-refractivity contribution in [2.24, 2.45) is 0 Å². The van der Waals surface area contributed by atoms with Crippen molar-refractivity contribution >= 4 is 41.6 Å². The highest BCUT2D eigenvalue weighted by Crippen LogP contribution is 2.27. The SMILES string of the molecule is CCC(C)OC(=O)c1cc(S(=O)(=O)Cl)c(F)cc1Br. The highest BCUT2D eigenvalue weighted by molar-refractivity contribution is 9.10. The molecular formula is C11H11BrClFO4S. The molecule has 0 saturated heterocycles. The maximum atomic E-state index is 13.5. The number of halogens is 3. The molecule has 0 N–H and O–H groups in total. The molecule has 0 amide bonds. The molecule has 1 aromatic rings. The fourth-order valence-electron chi connectivity index (χ4n) is 1.20. The minimum Gasteiger partial charge on any atom is -0.459 e. The van der Waals surface area contributed by atoms with E-state index in [1.807, 2.05) is 6.92 Å². The van der Waals surface area contributed by atoms with Gasteiger partial charge < -0.3 is 4.74 Å². The molecule has 1 unspecified atom stereocenters. The van der Waals surface area contributed by atoms with Crippen molar-refractivity contribution in [1.29, 1.82) is 0 Å². The second-order valence-electron chi connectivity index (χ2n) is 3.82. The molecule has 106 valence electrons. The number of hydrogen-bond acceptors (Lipinski definition) is 4. The number of benzene rings is 1. The third-order valence-electron chi connectivity index (χ3n) is 2.39. The van der Waals surface area contributed by atoms with Crippen LogP contribution in [0.1, 0.15) is 30.6 Å². The molecule has 0 bridgehead atoms. The Morgan fingerprint density at radius 1 is 1.53 bits per heavy atom. The van der Waals surface area contributed by atoms with Crippen LogP contribution in [0.2, 0.25) is 0 Å². The Bertz CT molecular complexity index is 603. The van der Waals surface area contributed by atoms with Crippen LogP contribution in [-0.2, 0) is 13.8 Å². The van der Waals surface area contributed by atoms with Crippen molar-refractivity contribution in [3.8, 4) is 0 Å². The van der Waals surface area contributed by atoms with Crippen LogP contribution in [0.15, 0.2) is 21.5 Å². The third-order valence-corrected chi connectivity index (χ3v) is 4.38. The van der Waals surface area contributed by atoms with Crippen LogP contribution < -0.4 is 0 Å². The van der Waals surface area contributed by atoms with E-state index in [2.05, 4.69) is 15.9 Å². The molecule has 0 aliphatic heterocycles. The van der Waals surface area contributed by atoms with Crippen LogP contribution in [0.25, 0.3) is 0 Å². The summed E-state index contributed by atoms with van der Waals surface area (Å²) in [4.78, 5) is 11.1. The molecule has 0 saturated carbocycles. The van der Waals surface area contributed by atoms with Gasteiger partial charge in [0.2, 0.25) is 0 Å². The first-order valence-electron chi connectivity index (χ1n) is 5.31. The molecule has 1 aromatic carbocycles. The van der Waals surface area contributed by atoms with Gasteiger partial charge in [0.05, 0.1) is 11.7 Å². The molecule has 0 aliphatic rings. The summed E-state index contributed by atoms with van der Waals surface area (Å²) in [6.45, 7) is 3.51. The molecule has 0 fully saturated rings. The summed E-state index contributed by atoms with van der Waals surface area (Å²) in [5.74, 6) is -1.79. The van der Waals surface area contributed by atoms with E-state index in [0.717, 1.165) is 12.1 Å². The zero-order valence-corrected chi connectivity index (χ0v) is 13.3. The second-order valence-corrected chi connectivity index (χ2v) is 7.21. The zero-order chi connectivity index (χ0) is 14.8. The van der Waals surface area contributed by atoms with Gasteiger partial charge in [0.15, 0.2) is 0 Å². The third kappa shape index (κ3) is 4.15. The van der Waals surface area contributed by atoms with Gasteiger partial charge in [-0.3, -0.25) is 0 Å². The molecular weight excluding hydrogens is 363 g/mol. The number of carbonyl (C=O) groups excluding carboxylic acids is 1. The van der Waals surface area contributed by atoms with E-state index in [-0.39, 0.29) is 16.1 Å². The van der Waals surface area contributed by atoms with Crippen LogP contribution in [0.4, 0.5) is 4.39 Å². The van der Waals surface area contributed by atoms with Gasteiger partial charge in [-0.2, -0.15) is 0 Å². The Balaban J connectivity index is 3.26. The molecule has 1 rings (SSSR count). The van der Waals surface area contributed by atoms with Crippen molar-refractivity contribution in [2.75, 3.05) is 0 Å². The first-order chi connectivity index (χ1) is 8.66. The smallest absolute Gasteiger partial charge is 0.339 e. The van der Waals surface area contributed by atoms with Gasteiger partial charge in [0.25, 0.3) is 9.05 Å². The topological polar surface area (TPSA) is 60.4 Å². The first-order valence-corrected chi connectivity index (χ1v) is 8.41. The van der Waals surface area contributed by atoms with Gasteiger partial charge in [-0.15, -0.1) is 0 Å². The van der Waals surface area contributed by atoms with E-state index in [1.54, 1.807) is 6.92 Å². The summed E-state index contributed by atoms with van der Waals surface area (Å²) in [6.07, 6.45) is 0.270. The fraction of sp³-hybridized carbons (Fsp3) is 0.364. The Labute approximate surface area is 123 Å². The lowest BCUT2D eigenvalue weighted by atomic mass is 10.2. The molecule has 0 aromatic heterocycles. The van der Waals surface area contributed by atoms with Gasteiger partial charge in [-0.05, 0) is 41.4 Å². The molecule has 0 heterocycles. The predicted molar refractivity (Wildman–Crippen MR) is 72.3 cm³/mol. The first kappa shape index (κ1) is 16.4. The van der Waals surface area contributed by atoms with Crippen molar-refractivity contribution in [2.45, 2.75) is 31.3 Å². The van der Waals surface area contributed by atoms with Gasteiger partial charge in [0, 0.05) is 15.2 Å². The van der Waals surface area contributed by atoms with E-state index < -0.39 is 25.7 Å². The maximum absolute atomic E-state index is 13.5. The van der Waals surface area contributed by atoms with Gasteiger partial charge >= 0.3 is 5.97 Å². The van der Waals surface area contributed by atoms with E-state index in [4.69, 9.17) is 15.4 Å². The molecule has 0 aliphatic carbocycles. The van der Waals surface area contributed by atoms with Gasteiger partial charge in [-0.1, -0.05) is 6.92 Å². The summed E-state index contributed by atoms with van der Waals surface area (Å²) in [7, 11) is 0.819. The van der Waals surface area contributed by atoms with Crippen LogP contribution in [0.5, 0.6) is 0 Å². The molecule has 1 atom stereocenters. The quantitative estimate of drug-likeness (QED) is 0.599. The van der Waals surface area contributed by atoms with E-state index in [9.17, 15) is 17.6 Å². The largest absolute Gasteiger partial charge is 0.459 e. The van der Waals surface area contributed by atoms with Gasteiger partial charge in [-0.25, -0.2) is 17.6 Å². The Morgan fingerprint density at radius 2 is 2.11 bits per heavy atom. The maximum Gasteiger partial charge on any atom is 0.339 e. The highest BCUT2D eigenvalue weighted by atomic mass is 79.9. The standard InChI is InChI=1S/C11H11BrClFO4S/c1-3-6(2)18-11(15)7-4-10(19(13,16)17)9(14)5-8(7)12/h4-6H,3H2,1-2H3. The summed E-state index contributed by atoms with van der Waals surface area (Å²) in [5.41, 5.74) is -0.0964. The predicted octanol–water partition coefficient (Wildman–Crippen LogP) is 3.47. The lowest BCUT2D eigenvalue weighted by Gasteiger charge is -2.12. The van der Waals surface area contributed by atoms with E-state index >= 15 is 0 Å². The minimum atomic E-state index is -4.27. The summed E-state index contributed by atoms with van der Waals surface area (Å²) in [6, 6.07) is 1.72. The fourth-order valence-corrected chi connectivity index (χ4v) is 2.58. The Hall–Kier alpha value is -0.660. The van der Waals surface area contributed by atoms with Crippen molar-refractivity contribution in [1.82, 2.24) is 0 Å². The summed E-state index contributed by atoms with van der Waals surface area (Å²) in [5, 5.41) is 0. The Kier molecular flexibility index (Phi) is 5.34. The second kappa shape index (κ2) is 6.19. The van der Waals surface area contributed by atoms with Crippen LogP contribution in [0.3, 0.4) is 0 Å². The number of esters is 1. The average molecular weight is 374 g/mol. The van der Waals surface area contributed by atoms with E-state index in [0.29, 0.717) is 6.42 Å². The van der Waals surface area contributed by atoms with Crippen LogP contribution in [0, 0.1) is 5.82 Å². The zero-order valence-electron chi connectivity index (χ0n) is 10.1. The monoisotopic (exact) mass is 372 g/mol. The lowest BCUT2D eigenvalue weighted by molar-refractivity contribution is 0.0333. The molecule has 0 spiro atoms. The van der Waals surface area contributed by atoms with Crippen molar-refractivity contribution in [3.63, 3.8) is 0 Å².